The Hall–Kier alpha value is 5.01. The monoisotopic (exact) mass is 872 g/mol. The zero-order valence-electron chi connectivity index (χ0n) is 21.7. The third kappa shape index (κ3) is 630. The smallest absolute Gasteiger partial charge is 0 e. The molecule has 0 amide bonds. The van der Waals surface area contributed by atoms with Crippen molar-refractivity contribution in [2.24, 2.45) is 10.8 Å². The summed E-state index contributed by atoms with van der Waals surface area (Å²) in [6.07, 6.45) is 0. The van der Waals surface area contributed by atoms with Crippen molar-refractivity contribution in [3.05, 3.63) is 29.7 Å². The van der Waals surface area contributed by atoms with E-state index in [1.807, 2.05) is 0 Å². The third-order valence-electron chi connectivity index (χ3n) is 0.354. The molecule has 0 aromatic carbocycles. The van der Waals surface area contributed by atoms with E-state index in [9.17, 15) is 0 Å². The minimum absolute atomic E-state index is 0. The molecule has 0 aliphatic rings. The van der Waals surface area contributed by atoms with Crippen LogP contribution >= 0.6 is 0 Å². The van der Waals surface area contributed by atoms with E-state index in [2.05, 4.69) is 79.0 Å². The van der Waals surface area contributed by atoms with Gasteiger partial charge in [-0.05, 0) is 10.8 Å². The molecule has 0 heterocycles. The Labute approximate surface area is 267 Å². The quantitative estimate of drug-likeness (QED) is 0.228. The van der Waals surface area contributed by atoms with Crippen molar-refractivity contribution in [1.82, 2.24) is 0 Å². The van der Waals surface area contributed by atoms with Gasteiger partial charge < -0.3 is 29.7 Å². The van der Waals surface area contributed by atoms with E-state index in [0.29, 0.717) is 10.8 Å². The van der Waals surface area contributed by atoms with Crippen molar-refractivity contribution < 1.29 is 51.7 Å². The molecule has 6 heteroatoms. The van der Waals surface area contributed by atoms with E-state index < -0.39 is 0 Å². The molecule has 0 aromatic rings. The Morgan fingerprint density at radius 1 is 0.692 bits per heavy atom. The van der Waals surface area contributed by atoms with Gasteiger partial charge in [-0.1, -0.05) is 55.4 Å². The van der Waals surface area contributed by atoms with Crippen molar-refractivity contribution >= 4 is 92.1 Å². The van der Waals surface area contributed by atoms with Crippen LogP contribution in [-0.4, -0.2) is 92.1 Å². The maximum Gasteiger partial charge on any atom is 0 e. The van der Waals surface area contributed by atoms with E-state index in [4.69, 9.17) is 0 Å². The van der Waals surface area contributed by atoms with Crippen LogP contribution in [0.3, 0.4) is 0 Å². The van der Waals surface area contributed by atoms with Crippen molar-refractivity contribution in [3.63, 3.8) is 0 Å². The first kappa shape index (κ1) is 77.3. The summed E-state index contributed by atoms with van der Waals surface area (Å²) < 4.78 is 2.87. The van der Waals surface area contributed by atoms with Crippen molar-refractivity contribution in [1.29, 1.82) is 0 Å². The van der Waals surface area contributed by atoms with Gasteiger partial charge in [0, 0.05) is 51.7 Å². The molecule has 168 valence electrons. The van der Waals surface area contributed by atoms with Gasteiger partial charge >= 0.3 is 124 Å². The molecule has 0 bridgehead atoms. The summed E-state index contributed by atoms with van der Waals surface area (Å²) in [7, 11) is 0. The van der Waals surface area contributed by atoms with Crippen LogP contribution in [-0.2, 0) is 51.7 Å². The van der Waals surface area contributed by atoms with Gasteiger partial charge in [-0.3, -0.25) is 0 Å². The third-order valence-corrected chi connectivity index (χ3v) is 2.37. The summed E-state index contributed by atoms with van der Waals surface area (Å²) in [5, 5.41) is 0. The van der Waals surface area contributed by atoms with Gasteiger partial charge in [0.05, 0.1) is 0 Å². The van der Waals surface area contributed by atoms with Gasteiger partial charge in [-0.25, -0.2) is 0 Å². The van der Waals surface area contributed by atoms with Crippen LogP contribution in [0.4, 0.5) is 0 Å². The van der Waals surface area contributed by atoms with Crippen LogP contribution in [0.5, 0.6) is 0 Å². The normalized spacial score (nSPS) is 6.69. The average Bonchev–Trinajstić information content (AvgIpc) is 2.16. The number of hydrogen-bond acceptors (Lipinski definition) is 0. The van der Waals surface area contributed by atoms with Gasteiger partial charge in [0.15, 0.2) is 0 Å². The molecule has 0 N–H and O–H groups in total. The Bertz CT molecular complexity index is 98.0. The van der Waals surface area contributed by atoms with Gasteiger partial charge in [0.25, 0.3) is 0 Å². The van der Waals surface area contributed by atoms with Crippen LogP contribution in [0, 0.1) is 40.5 Å². The van der Waals surface area contributed by atoms with Crippen LogP contribution < -0.4 is 0 Å². The Morgan fingerprint density at radius 2 is 0.731 bits per heavy atom. The second kappa shape index (κ2) is 63.1. The molecule has 0 rings (SSSR count). The van der Waals surface area contributed by atoms with Crippen LogP contribution in [0.2, 0.25) is 18.5 Å². The molecule has 0 nitrogen and oxygen atoms in total. The molecule has 0 spiro atoms. The van der Waals surface area contributed by atoms with Crippen LogP contribution in [0.1, 0.15) is 69.2 Å². The Kier molecular flexibility index (Phi) is 187. The van der Waals surface area contributed by atoms with Crippen molar-refractivity contribution in [2.75, 3.05) is 0 Å². The molecule has 0 aliphatic heterocycles. The molecule has 0 aromatic heterocycles. The fourth-order valence-electron chi connectivity index (χ4n) is 0. The fraction of sp³-hybridized carbons (Fsp3) is 0.800. The SMILES string of the molecule is CC(C)(C)C.CC(C)(C)C.C[CH2][SbH2].C[CH2][SbH][CH3].[CH3-].[CH3-].[CH3-].[CH3-].[CH3][SbH].[SbH2].[Sc].[Sc]. The maximum atomic E-state index is 2.35. The zero-order chi connectivity index (χ0) is 17.1. The molecule has 0 aliphatic carbocycles. The summed E-state index contributed by atoms with van der Waals surface area (Å²) in [6, 6.07) is 0. The van der Waals surface area contributed by atoms with Gasteiger partial charge in [0.2, 0.25) is 0 Å². The minimum atomic E-state index is 0. The Balaban J connectivity index is -0.00000000904. The Morgan fingerprint density at radius 3 is 0.731 bits per heavy atom. The summed E-state index contributed by atoms with van der Waals surface area (Å²) in [5.41, 5.74) is 1.00. The zero-order valence-corrected chi connectivity index (χ0v) is 37.6. The molecular formula is C20H58Sb4Sc2-4. The van der Waals surface area contributed by atoms with Crippen molar-refractivity contribution in [3.8, 4) is 0 Å². The van der Waals surface area contributed by atoms with Crippen LogP contribution in [0.25, 0.3) is 0 Å². The molecular weight excluding hydrogens is 817 g/mol. The van der Waals surface area contributed by atoms with Gasteiger partial charge in [-0.15, -0.1) is 0 Å². The second-order valence-electron chi connectivity index (χ2n) is 7.12. The number of hydrogen-bond donors (Lipinski definition) is 0. The van der Waals surface area contributed by atoms with Gasteiger partial charge in [-0.2, -0.15) is 0 Å². The topological polar surface area (TPSA) is 0 Å². The van der Waals surface area contributed by atoms with Gasteiger partial charge in [0.1, 0.15) is 0 Å². The minimum Gasteiger partial charge on any atom is 0 e. The summed E-state index contributed by atoms with van der Waals surface area (Å²) in [5.74, 6) is 0. The van der Waals surface area contributed by atoms with E-state index in [1.165, 1.54) is 31.8 Å². The maximum absolute atomic E-state index is 2.35. The van der Waals surface area contributed by atoms with E-state index in [0.717, 1.165) is 0 Å². The number of rotatable bonds is 1. The molecule has 0 atom stereocenters. The predicted molar refractivity (Wildman–Crippen MR) is 140 cm³/mol. The fourth-order valence-corrected chi connectivity index (χ4v) is 0. The largest absolute Gasteiger partial charge is 0 e. The second-order valence-corrected chi connectivity index (χ2v) is 13.5. The first-order valence-electron chi connectivity index (χ1n) is 7.18. The molecule has 0 fully saturated rings. The standard InChI is InChI=1S/2C5H12.2C2H5.6CH3.4Sb.2Sc.6H/c2*1-5(2,3)4;2*1-2;;;;;;;;;;;;;;;;;;/h2*1-4H3;2*1H2,2H3;6*1H3;;;;;;;;;;;;/q;;;;;;4*-1;;;;;;;;;;;;. The summed E-state index contributed by atoms with van der Waals surface area (Å²) in [6.45, 7) is 21.9. The van der Waals surface area contributed by atoms with Crippen molar-refractivity contribution in [2.45, 2.75) is 87.7 Å². The van der Waals surface area contributed by atoms with E-state index in [-0.39, 0.29) is 127 Å². The molecule has 26 heavy (non-hydrogen) atoms. The molecule has 4 radical (unpaired) electrons. The average molecular weight is 876 g/mol. The summed E-state index contributed by atoms with van der Waals surface area (Å²) >= 11 is 3.19. The first-order chi connectivity index (χ1) is 8.33. The molecule has 0 saturated heterocycles. The molecule has 0 unspecified atom stereocenters. The first-order valence-corrected chi connectivity index (χ1v) is 17.2. The predicted octanol–water partition coefficient (Wildman–Crippen LogP) is 5.89. The molecule has 0 saturated carbocycles. The van der Waals surface area contributed by atoms with E-state index in [1.54, 1.807) is 23.0 Å². The summed E-state index contributed by atoms with van der Waals surface area (Å²) in [4.78, 5) is 4.44. The van der Waals surface area contributed by atoms with E-state index >= 15 is 0 Å². The van der Waals surface area contributed by atoms with Crippen LogP contribution in [0.15, 0.2) is 0 Å².